The minimum absolute atomic E-state index is 0.0539. The molecular weight excluding hydrogens is 463 g/mol. The van der Waals surface area contributed by atoms with Gasteiger partial charge in [-0.05, 0) is 24.3 Å². The third-order valence-corrected chi connectivity index (χ3v) is 6.19. The van der Waals surface area contributed by atoms with Crippen LogP contribution in [0.15, 0.2) is 36.4 Å². The molecular formula is C18H17Cl3N2O5S. The SMILES string of the molecule is CS(=O)(=O)N(CC(=O)NC[C@H]1COc2ccccc2O1)c1cc(Cl)c(Cl)cc1Cl. The molecule has 0 radical (unpaired) electrons. The monoisotopic (exact) mass is 478 g/mol. The Kier molecular flexibility index (Phi) is 6.68. The summed E-state index contributed by atoms with van der Waals surface area (Å²) in [4.78, 5) is 12.4. The maximum absolute atomic E-state index is 12.4. The first kappa shape index (κ1) is 21.8. The Labute approximate surface area is 183 Å². The summed E-state index contributed by atoms with van der Waals surface area (Å²) in [7, 11) is -3.82. The Bertz CT molecular complexity index is 1030. The highest BCUT2D eigenvalue weighted by Crippen LogP contribution is 2.35. The van der Waals surface area contributed by atoms with Gasteiger partial charge in [0.25, 0.3) is 0 Å². The average molecular weight is 480 g/mol. The topological polar surface area (TPSA) is 84.9 Å². The molecule has 0 aliphatic carbocycles. The number of halogens is 3. The van der Waals surface area contributed by atoms with Crippen LogP contribution >= 0.6 is 34.8 Å². The van der Waals surface area contributed by atoms with Gasteiger partial charge in [-0.2, -0.15) is 0 Å². The molecule has 0 saturated heterocycles. The van der Waals surface area contributed by atoms with Crippen molar-refractivity contribution in [1.29, 1.82) is 0 Å². The normalized spacial score (nSPS) is 15.7. The highest BCUT2D eigenvalue weighted by molar-refractivity contribution is 7.92. The van der Waals surface area contributed by atoms with E-state index in [4.69, 9.17) is 44.3 Å². The third kappa shape index (κ3) is 5.39. The van der Waals surface area contributed by atoms with Gasteiger partial charge in [-0.3, -0.25) is 9.10 Å². The summed E-state index contributed by atoms with van der Waals surface area (Å²) in [6, 6.07) is 9.82. The van der Waals surface area contributed by atoms with Crippen molar-refractivity contribution in [3.63, 3.8) is 0 Å². The van der Waals surface area contributed by atoms with Crippen LogP contribution in [0.5, 0.6) is 11.5 Å². The van der Waals surface area contributed by atoms with Crippen LogP contribution in [0.1, 0.15) is 0 Å². The van der Waals surface area contributed by atoms with E-state index in [2.05, 4.69) is 5.32 Å². The van der Waals surface area contributed by atoms with Gasteiger partial charge in [-0.1, -0.05) is 46.9 Å². The lowest BCUT2D eigenvalue weighted by atomic mass is 10.2. The van der Waals surface area contributed by atoms with Crippen LogP contribution in [0.2, 0.25) is 15.1 Å². The lowest BCUT2D eigenvalue weighted by molar-refractivity contribution is -0.120. The fourth-order valence-electron chi connectivity index (χ4n) is 2.66. The zero-order valence-electron chi connectivity index (χ0n) is 15.2. The minimum Gasteiger partial charge on any atom is -0.486 e. The molecule has 11 heteroatoms. The highest BCUT2D eigenvalue weighted by atomic mass is 35.5. The summed E-state index contributed by atoms with van der Waals surface area (Å²) < 4.78 is 36.7. The quantitative estimate of drug-likeness (QED) is 0.642. The number of nitrogens with zero attached hydrogens (tertiary/aromatic N) is 1. The van der Waals surface area contributed by atoms with Gasteiger partial charge in [0.05, 0.1) is 33.6 Å². The van der Waals surface area contributed by atoms with Crippen molar-refractivity contribution in [2.45, 2.75) is 6.10 Å². The van der Waals surface area contributed by atoms with Crippen molar-refractivity contribution in [3.8, 4) is 11.5 Å². The van der Waals surface area contributed by atoms with Gasteiger partial charge in [0.15, 0.2) is 11.5 Å². The lowest BCUT2D eigenvalue weighted by Crippen LogP contribution is -2.45. The minimum atomic E-state index is -3.82. The van der Waals surface area contributed by atoms with Crippen LogP contribution < -0.4 is 19.1 Å². The van der Waals surface area contributed by atoms with Gasteiger partial charge in [0.1, 0.15) is 19.3 Å². The van der Waals surface area contributed by atoms with Crippen molar-refractivity contribution in [3.05, 3.63) is 51.5 Å². The first-order valence-corrected chi connectivity index (χ1v) is 11.4. The Balaban J connectivity index is 1.67. The molecule has 1 aliphatic heterocycles. The Hall–Kier alpha value is -1.87. The summed E-state index contributed by atoms with van der Waals surface area (Å²) in [5.41, 5.74) is 0.0601. The smallest absolute Gasteiger partial charge is 0.240 e. The van der Waals surface area contributed by atoms with Crippen molar-refractivity contribution >= 4 is 56.4 Å². The maximum atomic E-state index is 12.4. The van der Waals surface area contributed by atoms with E-state index in [1.807, 2.05) is 12.1 Å². The molecule has 0 fully saturated rings. The van der Waals surface area contributed by atoms with Gasteiger partial charge < -0.3 is 14.8 Å². The largest absolute Gasteiger partial charge is 0.486 e. The van der Waals surface area contributed by atoms with Gasteiger partial charge in [-0.15, -0.1) is 0 Å². The molecule has 0 bridgehead atoms. The molecule has 1 aliphatic rings. The second-order valence-electron chi connectivity index (χ2n) is 6.29. The lowest BCUT2D eigenvalue weighted by Gasteiger charge is -2.27. The van der Waals surface area contributed by atoms with Gasteiger partial charge >= 0.3 is 0 Å². The Morgan fingerprint density at radius 1 is 1.14 bits per heavy atom. The standard InChI is InChI=1S/C18H17Cl3N2O5S/c1-29(25,26)23(15-7-13(20)12(19)6-14(15)21)9-18(24)22-8-11-10-27-16-4-2-3-5-17(16)28-11/h2-7,11H,8-10H2,1H3,(H,22,24)/t11-/m0/s1. The van der Waals surface area contributed by atoms with Gasteiger partial charge in [0, 0.05) is 0 Å². The molecule has 7 nitrogen and oxygen atoms in total. The summed E-state index contributed by atoms with van der Waals surface area (Å²) >= 11 is 18.0. The predicted octanol–water partition coefficient (Wildman–Crippen LogP) is 3.37. The van der Waals surface area contributed by atoms with E-state index in [1.165, 1.54) is 12.1 Å². The molecule has 2 aromatic carbocycles. The number of hydrogen-bond donors (Lipinski definition) is 1. The molecule has 2 aromatic rings. The number of hydrogen-bond acceptors (Lipinski definition) is 5. The number of amides is 1. The summed E-state index contributed by atoms with van der Waals surface area (Å²) in [5, 5.41) is 2.99. The molecule has 1 N–H and O–H groups in total. The van der Waals surface area contributed by atoms with Crippen LogP contribution in [0.3, 0.4) is 0 Å². The molecule has 0 unspecified atom stereocenters. The molecule has 156 valence electrons. The molecule has 29 heavy (non-hydrogen) atoms. The summed E-state index contributed by atoms with van der Waals surface area (Å²) in [6.45, 7) is -0.0910. The zero-order chi connectivity index (χ0) is 21.2. The van der Waals surface area contributed by atoms with Crippen molar-refractivity contribution in [2.75, 3.05) is 30.3 Å². The van der Waals surface area contributed by atoms with Crippen LogP contribution in [-0.2, 0) is 14.8 Å². The molecule has 3 rings (SSSR count). The summed E-state index contributed by atoms with van der Waals surface area (Å²) in [6.07, 6.45) is 0.558. The number of nitrogens with one attached hydrogen (secondary N) is 1. The first-order chi connectivity index (χ1) is 13.6. The predicted molar refractivity (Wildman–Crippen MR) is 113 cm³/mol. The highest BCUT2D eigenvalue weighted by Gasteiger charge is 2.26. The number of carbonyl (C=O) groups excluding carboxylic acids is 1. The van der Waals surface area contributed by atoms with Crippen LogP contribution in [0.4, 0.5) is 5.69 Å². The number of fused-ring (bicyclic) bond motifs is 1. The second kappa shape index (κ2) is 8.87. The number of anilines is 1. The molecule has 0 saturated carbocycles. The molecule has 1 atom stereocenters. The molecule has 0 aromatic heterocycles. The van der Waals surface area contributed by atoms with E-state index in [0.717, 1.165) is 10.6 Å². The Morgan fingerprint density at radius 3 is 2.48 bits per heavy atom. The van der Waals surface area contributed by atoms with Crippen molar-refractivity contribution in [1.82, 2.24) is 5.32 Å². The molecule has 0 spiro atoms. The van der Waals surface area contributed by atoms with Gasteiger partial charge in [0.2, 0.25) is 15.9 Å². The maximum Gasteiger partial charge on any atom is 0.240 e. The van der Waals surface area contributed by atoms with E-state index >= 15 is 0 Å². The fraction of sp³-hybridized carbons (Fsp3) is 0.278. The first-order valence-electron chi connectivity index (χ1n) is 8.42. The Morgan fingerprint density at radius 2 is 1.79 bits per heavy atom. The second-order valence-corrected chi connectivity index (χ2v) is 9.42. The number of rotatable bonds is 6. The zero-order valence-corrected chi connectivity index (χ0v) is 18.3. The van der Waals surface area contributed by atoms with Crippen LogP contribution in [0, 0.1) is 0 Å². The number of carbonyl (C=O) groups is 1. The van der Waals surface area contributed by atoms with Crippen LogP contribution in [0.25, 0.3) is 0 Å². The van der Waals surface area contributed by atoms with Crippen molar-refractivity contribution in [2.24, 2.45) is 0 Å². The van der Waals surface area contributed by atoms with E-state index in [1.54, 1.807) is 12.1 Å². The van der Waals surface area contributed by atoms with Gasteiger partial charge in [-0.25, -0.2) is 8.42 Å². The van der Waals surface area contributed by atoms with E-state index in [-0.39, 0.29) is 33.9 Å². The van der Waals surface area contributed by atoms with E-state index in [0.29, 0.717) is 11.5 Å². The third-order valence-electron chi connectivity index (χ3n) is 4.04. The number of benzene rings is 2. The van der Waals surface area contributed by atoms with Crippen LogP contribution in [-0.4, -0.2) is 46.4 Å². The molecule has 1 amide bonds. The molecule has 1 heterocycles. The van der Waals surface area contributed by atoms with E-state index < -0.39 is 28.6 Å². The number of para-hydroxylation sites is 2. The fourth-order valence-corrected chi connectivity index (χ4v) is 4.22. The number of sulfonamides is 1. The van der Waals surface area contributed by atoms with Crippen molar-refractivity contribution < 1.29 is 22.7 Å². The summed E-state index contributed by atoms with van der Waals surface area (Å²) in [5.74, 6) is 0.672. The number of ether oxygens (including phenoxy) is 2. The average Bonchev–Trinajstić information content (AvgIpc) is 2.66. The van der Waals surface area contributed by atoms with E-state index in [9.17, 15) is 13.2 Å².